The summed E-state index contributed by atoms with van der Waals surface area (Å²) in [6, 6.07) is 3.04. The van der Waals surface area contributed by atoms with Crippen molar-refractivity contribution >= 4 is 45.6 Å². The molecule has 2 N–H and O–H groups in total. The second-order valence-electron chi connectivity index (χ2n) is 16.0. The molecule has 0 atom stereocenters. The minimum Gasteiger partial charge on any atom is -0.356 e. The molecule has 0 aromatic carbocycles. The molecular weight excluding hydrogens is 779 g/mol. The number of carbonyl (C=O) groups is 2. The Morgan fingerprint density at radius 1 is 0.509 bits per heavy atom. The third-order valence-electron chi connectivity index (χ3n) is 11.0. The Hall–Kier alpha value is -2.34. The van der Waals surface area contributed by atoms with Gasteiger partial charge in [0.15, 0.2) is 0 Å². The maximum absolute atomic E-state index is 15.6. The number of allylic oxidation sites excluding steroid dienone is 2. The van der Waals surface area contributed by atoms with E-state index in [0.29, 0.717) is 22.8 Å². The van der Waals surface area contributed by atoms with Gasteiger partial charge in [-0.2, -0.15) is 26.3 Å². The van der Waals surface area contributed by atoms with Crippen molar-refractivity contribution in [3.05, 3.63) is 42.8 Å². The lowest BCUT2D eigenvalue weighted by molar-refractivity contribution is -0.254. The van der Waals surface area contributed by atoms with Crippen LogP contribution in [0.1, 0.15) is 186 Å². The summed E-state index contributed by atoms with van der Waals surface area (Å²) in [6.07, 6.45) is 24.0. The Balaban J connectivity index is 1.57. The lowest BCUT2D eigenvalue weighted by atomic mass is 10.0. The van der Waals surface area contributed by atoms with Crippen molar-refractivity contribution in [2.75, 3.05) is 13.1 Å². The molecular formula is C45H68F6N2O2S2. The van der Waals surface area contributed by atoms with E-state index in [1.807, 2.05) is 0 Å². The van der Waals surface area contributed by atoms with Crippen molar-refractivity contribution in [1.82, 2.24) is 10.6 Å². The van der Waals surface area contributed by atoms with Crippen molar-refractivity contribution in [1.29, 1.82) is 0 Å². The van der Waals surface area contributed by atoms with Crippen LogP contribution in [0.25, 0.3) is 11.1 Å². The molecule has 2 aromatic heterocycles. The van der Waals surface area contributed by atoms with Crippen LogP contribution < -0.4 is 10.6 Å². The summed E-state index contributed by atoms with van der Waals surface area (Å²) in [5.74, 6) is -16.4. The van der Waals surface area contributed by atoms with Gasteiger partial charge in [0, 0.05) is 45.4 Å². The van der Waals surface area contributed by atoms with E-state index in [9.17, 15) is 9.59 Å². The van der Waals surface area contributed by atoms with Gasteiger partial charge in [-0.3, -0.25) is 9.59 Å². The van der Waals surface area contributed by atoms with Crippen molar-refractivity contribution in [2.24, 2.45) is 0 Å². The van der Waals surface area contributed by atoms with Crippen molar-refractivity contribution in [2.45, 2.75) is 200 Å². The number of nitrogens with one attached hydrogen (secondary N) is 2. The molecule has 0 fully saturated rings. The normalized spacial score (nSPS) is 15.8. The van der Waals surface area contributed by atoms with Crippen LogP contribution in [0.15, 0.2) is 12.1 Å². The number of amides is 2. The van der Waals surface area contributed by atoms with E-state index in [1.54, 1.807) is 0 Å². The first-order valence-electron chi connectivity index (χ1n) is 21.8. The number of alkyl halides is 6. The summed E-state index contributed by atoms with van der Waals surface area (Å²) in [5.41, 5.74) is -2.37. The molecule has 4 nitrogen and oxygen atoms in total. The van der Waals surface area contributed by atoms with Crippen LogP contribution in [0.4, 0.5) is 26.3 Å². The molecule has 2 aromatic rings. The molecule has 0 bridgehead atoms. The highest BCUT2D eigenvalue weighted by Gasteiger charge is 2.80. The largest absolute Gasteiger partial charge is 0.380 e. The summed E-state index contributed by atoms with van der Waals surface area (Å²) >= 11 is 1.52. The maximum Gasteiger partial charge on any atom is 0.380 e. The van der Waals surface area contributed by atoms with Gasteiger partial charge >= 0.3 is 17.8 Å². The fourth-order valence-electron chi connectivity index (χ4n) is 7.51. The number of aryl methyl sites for hydroxylation is 4. The van der Waals surface area contributed by atoms with E-state index in [-0.39, 0.29) is 58.4 Å². The number of thiophene rings is 2. The zero-order valence-electron chi connectivity index (χ0n) is 34.9. The fraction of sp³-hybridized carbons (Fsp3) is 0.733. The molecule has 0 radical (unpaired) electrons. The maximum atomic E-state index is 15.6. The Labute approximate surface area is 346 Å². The zero-order valence-corrected chi connectivity index (χ0v) is 36.6. The Morgan fingerprint density at radius 3 is 1.12 bits per heavy atom. The molecule has 324 valence electrons. The first-order valence-corrected chi connectivity index (χ1v) is 23.4. The molecule has 0 saturated heterocycles. The number of hydrogen-bond acceptors (Lipinski definition) is 4. The molecule has 3 rings (SSSR count). The third-order valence-corrected chi connectivity index (χ3v) is 13.6. The van der Waals surface area contributed by atoms with Gasteiger partial charge < -0.3 is 10.6 Å². The monoisotopic (exact) mass is 846 g/mol. The van der Waals surface area contributed by atoms with E-state index in [2.05, 4.69) is 24.5 Å². The highest BCUT2D eigenvalue weighted by atomic mass is 32.1. The molecule has 1 aliphatic carbocycles. The van der Waals surface area contributed by atoms with E-state index >= 15 is 26.3 Å². The van der Waals surface area contributed by atoms with Gasteiger partial charge in [0.25, 0.3) is 0 Å². The van der Waals surface area contributed by atoms with Crippen molar-refractivity contribution in [3.8, 4) is 0 Å². The van der Waals surface area contributed by atoms with Gasteiger partial charge in [0.2, 0.25) is 11.8 Å². The van der Waals surface area contributed by atoms with E-state index in [1.165, 1.54) is 116 Å². The minimum absolute atomic E-state index is 0.0615. The standard InChI is InChI=1S/C45H68F6N2O2S2/c1-5-7-9-11-13-15-17-19-21-23-29-52-37(54)27-25-35-31-33(3)41(56-35)39-40(44(48,49)45(50,51)43(39,46)47)42-34(4)32-36(57-42)26-28-38(55)53-30-24-22-20-18-16-14-12-10-8-6-2/h31-32H,5-30H2,1-4H3,(H,52,54)(H,53,55). The number of hydrogen-bond donors (Lipinski definition) is 2. The zero-order chi connectivity index (χ0) is 41.9. The number of unbranched alkanes of at least 4 members (excludes halogenated alkanes) is 18. The SMILES string of the molecule is CCCCCCCCCCCCNC(=O)CCc1cc(C)c(C2=C(c3sc(CCC(=O)NCCCCCCCCCCCC)cc3C)C(F)(F)C(F)(F)C2(F)F)s1. The number of rotatable bonds is 30. The second-order valence-corrected chi connectivity index (χ2v) is 18.3. The Kier molecular flexibility index (Phi) is 21.2. The average molecular weight is 847 g/mol. The molecule has 0 saturated carbocycles. The molecule has 0 aliphatic heterocycles. The van der Waals surface area contributed by atoms with Gasteiger partial charge in [-0.1, -0.05) is 129 Å². The molecule has 2 amide bonds. The summed E-state index contributed by atoms with van der Waals surface area (Å²) < 4.78 is 92.7. The van der Waals surface area contributed by atoms with Crippen LogP contribution in [0.3, 0.4) is 0 Å². The molecule has 0 spiro atoms. The van der Waals surface area contributed by atoms with Crippen LogP contribution in [0.5, 0.6) is 0 Å². The van der Waals surface area contributed by atoms with Gasteiger partial charge in [0.05, 0.1) is 11.1 Å². The Morgan fingerprint density at radius 2 is 0.807 bits per heavy atom. The lowest BCUT2D eigenvalue weighted by Crippen LogP contribution is -2.48. The third kappa shape index (κ3) is 14.4. The number of carbonyl (C=O) groups excluding carboxylic acids is 2. The van der Waals surface area contributed by atoms with Crippen LogP contribution >= 0.6 is 22.7 Å². The first-order chi connectivity index (χ1) is 27.2. The second kappa shape index (κ2) is 24.7. The van der Waals surface area contributed by atoms with Crippen LogP contribution in [0.2, 0.25) is 0 Å². The first kappa shape index (κ1) is 49.0. The minimum atomic E-state index is -5.65. The van der Waals surface area contributed by atoms with Crippen LogP contribution in [-0.4, -0.2) is 42.7 Å². The predicted octanol–water partition coefficient (Wildman–Crippen LogP) is 14.2. The van der Waals surface area contributed by atoms with E-state index < -0.39 is 28.9 Å². The topological polar surface area (TPSA) is 58.2 Å². The smallest absolute Gasteiger partial charge is 0.356 e. The van der Waals surface area contributed by atoms with Gasteiger partial charge in [-0.05, 0) is 62.8 Å². The fourth-order valence-corrected chi connectivity index (χ4v) is 10.0. The molecule has 57 heavy (non-hydrogen) atoms. The Bertz CT molecular complexity index is 1440. The highest BCUT2D eigenvalue weighted by Crippen LogP contribution is 2.66. The van der Waals surface area contributed by atoms with Gasteiger partial charge in [-0.15, -0.1) is 22.7 Å². The molecule has 1 aliphatic rings. The molecule has 12 heteroatoms. The van der Waals surface area contributed by atoms with Crippen LogP contribution in [0, 0.1) is 13.8 Å². The molecule has 0 unspecified atom stereocenters. The quantitative estimate of drug-likeness (QED) is 0.0608. The summed E-state index contributed by atoms with van der Waals surface area (Å²) in [4.78, 5) is 25.4. The van der Waals surface area contributed by atoms with E-state index in [4.69, 9.17) is 0 Å². The van der Waals surface area contributed by atoms with Gasteiger partial charge in [0.1, 0.15) is 0 Å². The van der Waals surface area contributed by atoms with Crippen molar-refractivity contribution < 1.29 is 35.9 Å². The van der Waals surface area contributed by atoms with Crippen LogP contribution in [-0.2, 0) is 22.4 Å². The van der Waals surface area contributed by atoms with Gasteiger partial charge in [-0.25, -0.2) is 0 Å². The highest BCUT2D eigenvalue weighted by molar-refractivity contribution is 7.14. The lowest BCUT2D eigenvalue weighted by Gasteiger charge is -2.25. The van der Waals surface area contributed by atoms with E-state index in [0.717, 1.165) is 61.2 Å². The summed E-state index contributed by atoms with van der Waals surface area (Å²) in [7, 11) is 0. The summed E-state index contributed by atoms with van der Waals surface area (Å²) in [6.45, 7) is 8.35. The molecule has 2 heterocycles. The predicted molar refractivity (Wildman–Crippen MR) is 226 cm³/mol. The average Bonchev–Trinajstić information content (AvgIpc) is 3.75. The summed E-state index contributed by atoms with van der Waals surface area (Å²) in [5, 5.41) is 5.77. The number of halogens is 6. The van der Waals surface area contributed by atoms with Crippen molar-refractivity contribution in [3.63, 3.8) is 0 Å².